The van der Waals surface area contributed by atoms with Crippen LogP contribution in [0.5, 0.6) is 0 Å². The summed E-state index contributed by atoms with van der Waals surface area (Å²) < 4.78 is 13.2. The van der Waals surface area contributed by atoms with E-state index in [1.165, 1.54) is 12.1 Å². The van der Waals surface area contributed by atoms with Crippen LogP contribution in [0.3, 0.4) is 0 Å². The first-order chi connectivity index (χ1) is 10.5. The van der Waals surface area contributed by atoms with Crippen molar-refractivity contribution < 1.29 is 9.18 Å². The second-order valence-electron chi connectivity index (χ2n) is 5.48. The highest BCUT2D eigenvalue weighted by atomic mass is 19.1. The van der Waals surface area contributed by atoms with Crippen LogP contribution >= 0.6 is 0 Å². The topological polar surface area (TPSA) is 67.5 Å². The zero-order valence-corrected chi connectivity index (χ0v) is 12.1. The predicted molar refractivity (Wildman–Crippen MR) is 82.7 cm³/mol. The second kappa shape index (κ2) is 5.26. The number of nitrogens with one attached hydrogen (secondary N) is 1. The molecule has 3 N–H and O–H groups in total. The third-order valence-corrected chi connectivity index (χ3v) is 3.83. The number of nitrogens with zero attached hydrogens (tertiary/aromatic N) is 1. The van der Waals surface area contributed by atoms with Gasteiger partial charge in [0.25, 0.3) is 5.91 Å². The summed E-state index contributed by atoms with van der Waals surface area (Å²) in [4.78, 5) is 16.8. The van der Waals surface area contributed by atoms with Gasteiger partial charge in [-0.25, -0.2) is 9.38 Å². The molecule has 0 saturated carbocycles. The molecule has 1 atom stereocenters. The fraction of sp³-hybridized carbons (Fsp3) is 0.176. The molecule has 1 heterocycles. The predicted octanol–water partition coefficient (Wildman–Crippen LogP) is 2.02. The van der Waals surface area contributed by atoms with E-state index in [0.717, 1.165) is 11.1 Å². The lowest BCUT2D eigenvalue weighted by atomic mass is 9.84. The summed E-state index contributed by atoms with van der Waals surface area (Å²) in [5.41, 5.74) is 7.26. The Hall–Kier alpha value is -2.69. The average molecular weight is 297 g/mol. The molecule has 1 aliphatic heterocycles. The molecular weight excluding hydrogens is 281 g/mol. The molecule has 4 nitrogen and oxygen atoms in total. The van der Waals surface area contributed by atoms with E-state index in [0.29, 0.717) is 12.0 Å². The van der Waals surface area contributed by atoms with Crippen LogP contribution in [0, 0.1) is 12.7 Å². The van der Waals surface area contributed by atoms with Crippen LogP contribution in [0.1, 0.15) is 16.7 Å². The molecule has 0 saturated heterocycles. The molecule has 1 amide bonds. The van der Waals surface area contributed by atoms with Crippen molar-refractivity contribution in [3.8, 4) is 0 Å². The Balaban J connectivity index is 2.06. The van der Waals surface area contributed by atoms with Crippen molar-refractivity contribution in [2.45, 2.75) is 18.9 Å². The number of guanidine groups is 1. The first-order valence-corrected chi connectivity index (χ1v) is 6.98. The zero-order valence-electron chi connectivity index (χ0n) is 12.1. The van der Waals surface area contributed by atoms with Crippen LogP contribution in [0.4, 0.5) is 4.39 Å². The van der Waals surface area contributed by atoms with Crippen molar-refractivity contribution in [2.75, 3.05) is 0 Å². The number of aryl methyl sites for hydroxylation is 1. The highest BCUT2D eigenvalue weighted by Gasteiger charge is 2.44. The van der Waals surface area contributed by atoms with Crippen molar-refractivity contribution >= 4 is 11.9 Å². The number of carbonyl (C=O) groups is 1. The van der Waals surface area contributed by atoms with E-state index >= 15 is 0 Å². The summed E-state index contributed by atoms with van der Waals surface area (Å²) >= 11 is 0. The number of carbonyl (C=O) groups excluding carboxylic acids is 1. The van der Waals surface area contributed by atoms with E-state index in [2.05, 4.69) is 10.3 Å². The summed E-state index contributed by atoms with van der Waals surface area (Å²) in [5.74, 6) is -0.566. The summed E-state index contributed by atoms with van der Waals surface area (Å²) in [5, 5.41) is 2.55. The highest BCUT2D eigenvalue weighted by molar-refractivity contribution is 6.07. The van der Waals surface area contributed by atoms with Gasteiger partial charge >= 0.3 is 0 Å². The summed E-state index contributed by atoms with van der Waals surface area (Å²) in [7, 11) is 0. The van der Waals surface area contributed by atoms with Gasteiger partial charge < -0.3 is 5.73 Å². The van der Waals surface area contributed by atoms with Gasteiger partial charge in [0.15, 0.2) is 11.5 Å². The summed E-state index contributed by atoms with van der Waals surface area (Å²) in [6.45, 7) is 2.00. The lowest BCUT2D eigenvalue weighted by molar-refractivity contribution is -0.124. The quantitative estimate of drug-likeness (QED) is 0.910. The SMILES string of the molecule is Cc1ccc(CC2(c3ccc(F)cc3)N=C(N)NC2=O)cc1. The molecule has 22 heavy (non-hydrogen) atoms. The number of hydrogen-bond donors (Lipinski definition) is 2. The Morgan fingerprint density at radius 2 is 1.77 bits per heavy atom. The number of aliphatic imine (C=N–C) groups is 1. The zero-order chi connectivity index (χ0) is 15.7. The minimum absolute atomic E-state index is 0.0847. The van der Waals surface area contributed by atoms with Crippen molar-refractivity contribution in [2.24, 2.45) is 10.7 Å². The molecule has 0 spiro atoms. The van der Waals surface area contributed by atoms with Gasteiger partial charge in [0.2, 0.25) is 0 Å². The van der Waals surface area contributed by atoms with Crippen LogP contribution in [0.15, 0.2) is 53.5 Å². The largest absolute Gasteiger partial charge is 0.370 e. The molecule has 0 aliphatic carbocycles. The molecular formula is C17H16FN3O. The Bertz CT molecular complexity index is 738. The first-order valence-electron chi connectivity index (χ1n) is 6.98. The Morgan fingerprint density at radius 1 is 1.14 bits per heavy atom. The minimum Gasteiger partial charge on any atom is -0.370 e. The fourth-order valence-corrected chi connectivity index (χ4v) is 2.65. The van der Waals surface area contributed by atoms with Crippen LogP contribution in [-0.2, 0) is 16.8 Å². The molecule has 3 rings (SSSR count). The maximum absolute atomic E-state index is 13.2. The molecule has 2 aromatic carbocycles. The van der Waals surface area contributed by atoms with Gasteiger partial charge in [0.1, 0.15) is 5.82 Å². The molecule has 0 aromatic heterocycles. The van der Waals surface area contributed by atoms with Gasteiger partial charge in [0.05, 0.1) is 0 Å². The van der Waals surface area contributed by atoms with Gasteiger partial charge in [-0.05, 0) is 30.2 Å². The normalized spacial score (nSPS) is 20.6. The van der Waals surface area contributed by atoms with Crippen LogP contribution in [0.25, 0.3) is 0 Å². The molecule has 0 radical (unpaired) electrons. The van der Waals surface area contributed by atoms with Crippen molar-refractivity contribution in [1.82, 2.24) is 5.32 Å². The third kappa shape index (κ3) is 2.45. The molecule has 1 unspecified atom stereocenters. The van der Waals surface area contributed by atoms with Crippen molar-refractivity contribution in [1.29, 1.82) is 0 Å². The summed E-state index contributed by atoms with van der Waals surface area (Å²) in [6, 6.07) is 13.7. The standard InChI is InChI=1S/C17H16FN3O/c1-11-2-4-12(5-3-11)10-17(15(22)20-16(19)21-17)13-6-8-14(18)9-7-13/h2-9H,10H2,1H3,(H3,19,20,21,22). The van der Waals surface area contributed by atoms with Gasteiger partial charge in [-0.3, -0.25) is 10.1 Å². The average Bonchev–Trinajstić information content (AvgIpc) is 2.77. The van der Waals surface area contributed by atoms with E-state index in [1.54, 1.807) is 12.1 Å². The fourth-order valence-electron chi connectivity index (χ4n) is 2.65. The number of nitrogens with two attached hydrogens (primary N) is 1. The van der Waals surface area contributed by atoms with E-state index in [9.17, 15) is 9.18 Å². The molecule has 2 aromatic rings. The Kier molecular flexibility index (Phi) is 3.41. The van der Waals surface area contributed by atoms with Crippen LogP contribution in [0.2, 0.25) is 0 Å². The highest BCUT2D eigenvalue weighted by Crippen LogP contribution is 2.33. The molecule has 5 heteroatoms. The number of amides is 1. The lowest BCUT2D eigenvalue weighted by Crippen LogP contribution is -2.40. The van der Waals surface area contributed by atoms with Crippen molar-refractivity contribution in [3.05, 3.63) is 71.0 Å². The Labute approximate surface area is 127 Å². The number of benzene rings is 2. The van der Waals surface area contributed by atoms with Gasteiger partial charge in [-0.2, -0.15) is 0 Å². The number of rotatable bonds is 3. The third-order valence-electron chi connectivity index (χ3n) is 3.83. The lowest BCUT2D eigenvalue weighted by Gasteiger charge is -2.24. The van der Waals surface area contributed by atoms with E-state index in [1.807, 2.05) is 31.2 Å². The van der Waals surface area contributed by atoms with Crippen LogP contribution in [-0.4, -0.2) is 11.9 Å². The van der Waals surface area contributed by atoms with Crippen LogP contribution < -0.4 is 11.1 Å². The smallest absolute Gasteiger partial charge is 0.259 e. The maximum Gasteiger partial charge on any atom is 0.259 e. The van der Waals surface area contributed by atoms with E-state index < -0.39 is 5.54 Å². The van der Waals surface area contributed by atoms with Gasteiger partial charge in [-0.15, -0.1) is 0 Å². The monoisotopic (exact) mass is 297 g/mol. The second-order valence-corrected chi connectivity index (χ2v) is 5.48. The van der Waals surface area contributed by atoms with Gasteiger partial charge in [-0.1, -0.05) is 42.0 Å². The molecule has 112 valence electrons. The first kappa shape index (κ1) is 14.3. The van der Waals surface area contributed by atoms with Gasteiger partial charge in [0, 0.05) is 6.42 Å². The van der Waals surface area contributed by atoms with Crippen molar-refractivity contribution in [3.63, 3.8) is 0 Å². The van der Waals surface area contributed by atoms with E-state index in [4.69, 9.17) is 5.73 Å². The molecule has 0 fully saturated rings. The minimum atomic E-state index is -1.15. The summed E-state index contributed by atoms with van der Waals surface area (Å²) in [6.07, 6.45) is 0.367. The maximum atomic E-state index is 13.2. The number of hydrogen-bond acceptors (Lipinski definition) is 3. The Morgan fingerprint density at radius 3 is 2.32 bits per heavy atom. The number of halogens is 1. The molecule has 0 bridgehead atoms. The van der Waals surface area contributed by atoms with E-state index in [-0.39, 0.29) is 17.7 Å². The molecule has 1 aliphatic rings.